The summed E-state index contributed by atoms with van der Waals surface area (Å²) in [4.78, 5) is 10.1. The highest BCUT2D eigenvalue weighted by Gasteiger charge is 1.83. The van der Waals surface area contributed by atoms with Crippen LogP contribution in [0.15, 0.2) is 48.6 Å². The molecule has 0 aliphatic heterocycles. The predicted octanol–water partition coefficient (Wildman–Crippen LogP) is 2.73. The largest absolute Gasteiger partial charge is 0.478 e. The summed E-state index contributed by atoms with van der Waals surface area (Å²) in [7, 11) is 0. The van der Waals surface area contributed by atoms with Gasteiger partial charge in [-0.25, -0.2) is 4.79 Å². The van der Waals surface area contributed by atoms with Crippen molar-refractivity contribution < 1.29 is 9.90 Å². The molecule has 0 fully saturated rings. The van der Waals surface area contributed by atoms with Crippen LogP contribution in [-0.4, -0.2) is 11.1 Å². The van der Waals surface area contributed by atoms with E-state index in [0.29, 0.717) is 6.42 Å². The summed E-state index contributed by atoms with van der Waals surface area (Å²) in [5.74, 6) is -0.905. The highest BCUT2D eigenvalue weighted by atomic mass is 16.4. The van der Waals surface area contributed by atoms with E-state index in [0.717, 1.165) is 11.6 Å². The van der Waals surface area contributed by atoms with E-state index in [4.69, 9.17) is 5.11 Å². The fraction of sp³-hybridized carbons (Fsp3) is 0.0833. The van der Waals surface area contributed by atoms with Gasteiger partial charge >= 0.3 is 5.97 Å². The van der Waals surface area contributed by atoms with Crippen LogP contribution in [0.1, 0.15) is 12.0 Å². The van der Waals surface area contributed by atoms with E-state index in [2.05, 4.69) is 0 Å². The van der Waals surface area contributed by atoms with Crippen LogP contribution in [0, 0.1) is 0 Å². The highest BCUT2D eigenvalue weighted by molar-refractivity contribution is 5.79. The Labute approximate surface area is 83.2 Å². The zero-order valence-electron chi connectivity index (χ0n) is 7.76. The van der Waals surface area contributed by atoms with Gasteiger partial charge in [-0.15, -0.1) is 0 Å². The first-order valence-electron chi connectivity index (χ1n) is 4.40. The Morgan fingerprint density at radius 3 is 2.57 bits per heavy atom. The van der Waals surface area contributed by atoms with E-state index in [1.54, 1.807) is 6.08 Å². The van der Waals surface area contributed by atoms with Gasteiger partial charge in [-0.1, -0.05) is 48.6 Å². The van der Waals surface area contributed by atoms with Crippen LogP contribution in [0.5, 0.6) is 0 Å². The summed E-state index contributed by atoms with van der Waals surface area (Å²) in [6.07, 6.45) is 7.29. The maximum Gasteiger partial charge on any atom is 0.327 e. The molecule has 0 atom stereocenters. The molecule has 0 radical (unpaired) electrons. The van der Waals surface area contributed by atoms with Crippen molar-refractivity contribution in [1.29, 1.82) is 0 Å². The molecule has 72 valence electrons. The van der Waals surface area contributed by atoms with Crippen molar-refractivity contribution in [2.45, 2.75) is 6.42 Å². The van der Waals surface area contributed by atoms with Gasteiger partial charge in [0.25, 0.3) is 0 Å². The number of allylic oxidation sites excluding steroid dienone is 2. The normalized spacial score (nSPS) is 11.1. The fourth-order valence-electron chi connectivity index (χ4n) is 1.02. The van der Waals surface area contributed by atoms with Crippen LogP contribution in [0.2, 0.25) is 0 Å². The molecule has 0 unspecified atom stereocenters. The molecule has 0 saturated carbocycles. The van der Waals surface area contributed by atoms with E-state index in [1.165, 1.54) is 0 Å². The lowest BCUT2D eigenvalue weighted by Gasteiger charge is -1.89. The van der Waals surface area contributed by atoms with E-state index in [9.17, 15) is 4.79 Å². The summed E-state index contributed by atoms with van der Waals surface area (Å²) in [5, 5.41) is 8.32. The molecule has 1 rings (SSSR count). The molecule has 2 heteroatoms. The van der Waals surface area contributed by atoms with Crippen LogP contribution in [0.3, 0.4) is 0 Å². The molecular weight excluding hydrogens is 176 g/mol. The molecule has 0 amide bonds. The smallest absolute Gasteiger partial charge is 0.327 e. The Hall–Kier alpha value is -1.83. The number of rotatable bonds is 4. The van der Waals surface area contributed by atoms with Crippen LogP contribution in [0.4, 0.5) is 0 Å². The lowest BCUT2D eigenvalue weighted by molar-refractivity contribution is -0.131. The lowest BCUT2D eigenvalue weighted by Crippen LogP contribution is -1.84. The first kappa shape index (κ1) is 10.3. The van der Waals surface area contributed by atoms with Gasteiger partial charge in [-0.2, -0.15) is 0 Å². The minimum Gasteiger partial charge on any atom is -0.478 e. The average molecular weight is 188 g/mol. The standard InChI is InChI=1S/C12H12O2/c13-12(14)10-6-2-5-9-11-7-3-1-4-8-11/h1,3-10H,2H2,(H,13,14). The van der Waals surface area contributed by atoms with E-state index in [-0.39, 0.29) is 0 Å². The van der Waals surface area contributed by atoms with Crippen LogP contribution in [0.25, 0.3) is 6.08 Å². The Balaban J connectivity index is 2.39. The Kier molecular flexibility index (Phi) is 4.21. The molecule has 1 N–H and O–H groups in total. The monoisotopic (exact) mass is 188 g/mol. The molecule has 0 saturated heterocycles. The van der Waals surface area contributed by atoms with Gasteiger partial charge in [-0.05, 0) is 12.0 Å². The summed E-state index contributed by atoms with van der Waals surface area (Å²) >= 11 is 0. The maximum atomic E-state index is 10.1. The summed E-state index contributed by atoms with van der Waals surface area (Å²) < 4.78 is 0. The topological polar surface area (TPSA) is 37.3 Å². The third kappa shape index (κ3) is 4.26. The molecule has 1 aromatic rings. The van der Waals surface area contributed by atoms with Gasteiger partial charge < -0.3 is 5.11 Å². The second-order valence-electron chi connectivity index (χ2n) is 2.79. The van der Waals surface area contributed by atoms with Gasteiger partial charge in [0.05, 0.1) is 0 Å². The number of hydrogen-bond donors (Lipinski definition) is 1. The number of carboxylic acid groups (broad SMARTS) is 1. The molecule has 0 aliphatic rings. The zero-order chi connectivity index (χ0) is 10.2. The van der Waals surface area contributed by atoms with Crippen molar-refractivity contribution in [3.05, 3.63) is 54.1 Å². The van der Waals surface area contributed by atoms with Crippen molar-refractivity contribution >= 4 is 12.0 Å². The summed E-state index contributed by atoms with van der Waals surface area (Å²) in [5.41, 5.74) is 1.12. The molecule has 0 heterocycles. The maximum absolute atomic E-state index is 10.1. The highest BCUT2D eigenvalue weighted by Crippen LogP contribution is 2.01. The molecule has 0 bridgehead atoms. The number of carboxylic acids is 1. The van der Waals surface area contributed by atoms with Gasteiger partial charge in [0, 0.05) is 6.08 Å². The molecule has 0 aliphatic carbocycles. The Bertz CT molecular complexity index is 337. The minimum atomic E-state index is -0.905. The fourth-order valence-corrected chi connectivity index (χ4v) is 1.02. The van der Waals surface area contributed by atoms with Gasteiger partial charge in [0.1, 0.15) is 0 Å². The molecular formula is C12H12O2. The summed E-state index contributed by atoms with van der Waals surface area (Å²) in [6.45, 7) is 0. The van der Waals surface area contributed by atoms with Gasteiger partial charge in [0.2, 0.25) is 0 Å². The van der Waals surface area contributed by atoms with E-state index >= 15 is 0 Å². The van der Waals surface area contributed by atoms with Crippen LogP contribution >= 0.6 is 0 Å². The van der Waals surface area contributed by atoms with Crippen molar-refractivity contribution in [2.24, 2.45) is 0 Å². The number of aliphatic carboxylic acids is 1. The first-order chi connectivity index (χ1) is 6.79. The molecule has 1 aromatic carbocycles. The first-order valence-corrected chi connectivity index (χ1v) is 4.40. The predicted molar refractivity (Wildman–Crippen MR) is 56.9 cm³/mol. The molecule has 2 nitrogen and oxygen atoms in total. The molecule has 14 heavy (non-hydrogen) atoms. The van der Waals surface area contributed by atoms with E-state index in [1.807, 2.05) is 42.5 Å². The molecule has 0 spiro atoms. The second kappa shape index (κ2) is 5.75. The zero-order valence-corrected chi connectivity index (χ0v) is 7.76. The average Bonchev–Trinajstić information content (AvgIpc) is 2.18. The third-order valence-corrected chi connectivity index (χ3v) is 1.64. The lowest BCUT2D eigenvalue weighted by atomic mass is 10.2. The third-order valence-electron chi connectivity index (χ3n) is 1.64. The van der Waals surface area contributed by atoms with Crippen molar-refractivity contribution in [3.8, 4) is 0 Å². The number of carbonyl (C=O) groups is 1. The van der Waals surface area contributed by atoms with Gasteiger partial charge in [-0.3, -0.25) is 0 Å². The van der Waals surface area contributed by atoms with E-state index < -0.39 is 5.97 Å². The Morgan fingerprint density at radius 1 is 1.21 bits per heavy atom. The van der Waals surface area contributed by atoms with Crippen molar-refractivity contribution in [1.82, 2.24) is 0 Å². The molecule has 0 aromatic heterocycles. The van der Waals surface area contributed by atoms with Crippen molar-refractivity contribution in [3.63, 3.8) is 0 Å². The second-order valence-corrected chi connectivity index (χ2v) is 2.79. The number of hydrogen-bond acceptors (Lipinski definition) is 1. The van der Waals surface area contributed by atoms with Gasteiger partial charge in [0.15, 0.2) is 0 Å². The van der Waals surface area contributed by atoms with Crippen molar-refractivity contribution in [2.75, 3.05) is 0 Å². The van der Waals surface area contributed by atoms with Crippen LogP contribution < -0.4 is 0 Å². The van der Waals surface area contributed by atoms with Crippen LogP contribution in [-0.2, 0) is 4.79 Å². The minimum absolute atomic E-state index is 0.640. The SMILES string of the molecule is O=C(O)C=CCC=Cc1ccccc1. The summed E-state index contributed by atoms with van der Waals surface area (Å²) in [6, 6.07) is 9.88. The quantitative estimate of drug-likeness (QED) is 0.737. The Morgan fingerprint density at radius 2 is 1.93 bits per heavy atom. The number of benzene rings is 1.